The lowest BCUT2D eigenvalue weighted by atomic mass is 10.0. The third-order valence-electron chi connectivity index (χ3n) is 7.04. The molecule has 3 N–H and O–H groups in total. The van der Waals surface area contributed by atoms with Gasteiger partial charge in [-0.3, -0.25) is 9.59 Å². The number of amides is 2. The van der Waals surface area contributed by atoms with Crippen molar-refractivity contribution in [3.63, 3.8) is 0 Å². The lowest BCUT2D eigenvalue weighted by molar-refractivity contribution is -0.149. The van der Waals surface area contributed by atoms with Gasteiger partial charge in [0.2, 0.25) is 11.8 Å². The summed E-state index contributed by atoms with van der Waals surface area (Å²) in [6.45, 7) is 7.99. The fourth-order valence-corrected chi connectivity index (χ4v) is 4.61. The Hall–Kier alpha value is -3.23. The van der Waals surface area contributed by atoms with Crippen LogP contribution in [0.1, 0.15) is 38.7 Å². The largest absolute Gasteiger partial charge is 0.460 e. The maximum absolute atomic E-state index is 13.4. The Balaban J connectivity index is 1.48. The Kier molecular flexibility index (Phi) is 7.76. The zero-order valence-electron chi connectivity index (χ0n) is 20.9. The van der Waals surface area contributed by atoms with Crippen LogP contribution < -0.4 is 11.1 Å². The highest BCUT2D eigenvalue weighted by atomic mass is 16.5. The first-order chi connectivity index (χ1) is 17.3. The van der Waals surface area contributed by atoms with Crippen LogP contribution in [0, 0.1) is 5.92 Å². The van der Waals surface area contributed by atoms with Gasteiger partial charge in [0.25, 0.3) is 0 Å². The highest BCUT2D eigenvalue weighted by Gasteiger charge is 2.54. The molecule has 1 aliphatic carbocycles. The molecule has 0 radical (unpaired) electrons. The summed E-state index contributed by atoms with van der Waals surface area (Å²) in [4.78, 5) is 40.6. The Morgan fingerprint density at radius 1 is 1.19 bits per heavy atom. The van der Waals surface area contributed by atoms with E-state index < -0.39 is 23.6 Å². The van der Waals surface area contributed by atoms with Gasteiger partial charge in [0.05, 0.1) is 18.8 Å². The molecule has 2 aromatic rings. The fraction of sp³-hybridized carbons (Fsp3) is 0.464. The molecule has 2 aliphatic rings. The third-order valence-corrected chi connectivity index (χ3v) is 7.04. The van der Waals surface area contributed by atoms with E-state index in [1.54, 1.807) is 0 Å². The van der Waals surface area contributed by atoms with Crippen LogP contribution in [0.4, 0.5) is 0 Å². The standard InChI is InChI=1S/C28H35N3O5/c1-4-14-35-27(34)28(12-13-28)30-25(32)23-15-21(16-31(23)26(33)24(29)18(2)3)36-17-20-10-7-9-19-8-5-6-11-22(19)20/h4-11,18,21,23-24H,1,12-17,29H2,2-3H3,(H,30,32). The summed E-state index contributed by atoms with van der Waals surface area (Å²) in [6, 6.07) is 12.6. The van der Waals surface area contributed by atoms with E-state index in [1.807, 2.05) is 38.1 Å². The van der Waals surface area contributed by atoms with Crippen molar-refractivity contribution in [3.8, 4) is 0 Å². The average Bonchev–Trinajstić information content (AvgIpc) is 3.53. The number of fused-ring (bicyclic) bond motifs is 1. The normalized spacial score (nSPS) is 21.3. The number of benzene rings is 2. The van der Waals surface area contributed by atoms with Crippen molar-refractivity contribution >= 4 is 28.6 Å². The van der Waals surface area contributed by atoms with Gasteiger partial charge in [-0.15, -0.1) is 0 Å². The second kappa shape index (κ2) is 10.8. The molecule has 0 bridgehead atoms. The van der Waals surface area contributed by atoms with Crippen LogP contribution in [0.15, 0.2) is 55.1 Å². The summed E-state index contributed by atoms with van der Waals surface area (Å²) in [5.74, 6) is -1.24. The van der Waals surface area contributed by atoms with Crippen molar-refractivity contribution in [2.75, 3.05) is 13.2 Å². The number of nitrogens with two attached hydrogens (primary N) is 1. The molecule has 0 aromatic heterocycles. The summed E-state index contributed by atoms with van der Waals surface area (Å²) in [7, 11) is 0. The predicted octanol–water partition coefficient (Wildman–Crippen LogP) is 2.69. The minimum absolute atomic E-state index is 0.0812. The Bertz CT molecular complexity index is 1140. The Morgan fingerprint density at radius 3 is 2.61 bits per heavy atom. The number of nitrogens with zero attached hydrogens (tertiary/aromatic N) is 1. The molecular formula is C28H35N3O5. The number of esters is 1. The topological polar surface area (TPSA) is 111 Å². The summed E-state index contributed by atoms with van der Waals surface area (Å²) in [6.07, 6.45) is 2.47. The first-order valence-electron chi connectivity index (χ1n) is 12.5. The number of rotatable bonds is 10. The van der Waals surface area contributed by atoms with Crippen LogP contribution in [0.5, 0.6) is 0 Å². The lowest BCUT2D eigenvalue weighted by Gasteiger charge is -2.29. The lowest BCUT2D eigenvalue weighted by Crippen LogP contribution is -2.55. The fourth-order valence-electron chi connectivity index (χ4n) is 4.61. The summed E-state index contributed by atoms with van der Waals surface area (Å²) in [5.41, 5.74) is 6.18. The van der Waals surface area contributed by atoms with Crippen molar-refractivity contribution in [1.82, 2.24) is 10.2 Å². The molecule has 3 unspecified atom stereocenters. The highest BCUT2D eigenvalue weighted by molar-refractivity contribution is 5.95. The van der Waals surface area contributed by atoms with Gasteiger partial charge in [0.1, 0.15) is 18.2 Å². The predicted molar refractivity (Wildman–Crippen MR) is 137 cm³/mol. The van der Waals surface area contributed by atoms with Crippen molar-refractivity contribution in [3.05, 3.63) is 60.7 Å². The van der Waals surface area contributed by atoms with Gasteiger partial charge in [-0.1, -0.05) is 69.0 Å². The number of hydrogen-bond donors (Lipinski definition) is 2. The minimum atomic E-state index is -1.03. The van der Waals surface area contributed by atoms with Gasteiger partial charge in [0, 0.05) is 13.0 Å². The molecule has 8 nitrogen and oxygen atoms in total. The molecule has 0 spiro atoms. The van der Waals surface area contributed by atoms with E-state index >= 15 is 0 Å². The maximum Gasteiger partial charge on any atom is 0.332 e. The second-order valence-electron chi connectivity index (χ2n) is 10.0. The van der Waals surface area contributed by atoms with E-state index in [2.05, 4.69) is 30.1 Å². The van der Waals surface area contributed by atoms with Gasteiger partial charge in [0.15, 0.2) is 0 Å². The number of carbonyl (C=O) groups is 3. The summed E-state index contributed by atoms with van der Waals surface area (Å²) in [5, 5.41) is 5.08. The van der Waals surface area contributed by atoms with Gasteiger partial charge in [-0.25, -0.2) is 4.79 Å². The van der Waals surface area contributed by atoms with E-state index in [9.17, 15) is 14.4 Å². The van der Waals surface area contributed by atoms with E-state index in [0.717, 1.165) is 16.3 Å². The molecule has 192 valence electrons. The molecule has 36 heavy (non-hydrogen) atoms. The first-order valence-corrected chi connectivity index (χ1v) is 12.5. The van der Waals surface area contributed by atoms with Crippen LogP contribution in [0.25, 0.3) is 10.8 Å². The average molecular weight is 494 g/mol. The Labute approximate surface area is 211 Å². The van der Waals surface area contributed by atoms with Crippen LogP contribution in [0.2, 0.25) is 0 Å². The number of carbonyl (C=O) groups excluding carboxylic acids is 3. The minimum Gasteiger partial charge on any atom is -0.460 e. The molecule has 2 amide bonds. The van der Waals surface area contributed by atoms with Crippen LogP contribution >= 0.6 is 0 Å². The highest BCUT2D eigenvalue weighted by Crippen LogP contribution is 2.37. The van der Waals surface area contributed by atoms with E-state index in [-0.39, 0.29) is 37.0 Å². The molecule has 2 fully saturated rings. The number of ether oxygens (including phenoxy) is 2. The van der Waals surface area contributed by atoms with Crippen LogP contribution in [-0.4, -0.2) is 59.6 Å². The number of nitrogens with one attached hydrogen (secondary N) is 1. The van der Waals surface area contributed by atoms with Gasteiger partial charge >= 0.3 is 5.97 Å². The molecule has 1 saturated heterocycles. The molecule has 1 saturated carbocycles. The quantitative estimate of drug-likeness (QED) is 0.389. The van der Waals surface area contributed by atoms with Crippen molar-refractivity contribution in [2.45, 2.75) is 63.4 Å². The second-order valence-corrected chi connectivity index (χ2v) is 10.0. The molecule has 4 rings (SSSR count). The molecule has 1 heterocycles. The third kappa shape index (κ3) is 5.44. The molecule has 2 aromatic carbocycles. The first kappa shape index (κ1) is 25.9. The van der Waals surface area contributed by atoms with Crippen LogP contribution in [-0.2, 0) is 30.5 Å². The SMILES string of the molecule is C=CCOC(=O)C1(NC(=O)C2CC(OCc3cccc4ccccc34)CN2C(=O)C(N)C(C)C)CC1. The molecule has 3 atom stereocenters. The summed E-state index contributed by atoms with van der Waals surface area (Å²) >= 11 is 0. The Morgan fingerprint density at radius 2 is 1.92 bits per heavy atom. The monoisotopic (exact) mass is 493 g/mol. The number of likely N-dealkylation sites (tertiary alicyclic amines) is 1. The molecule has 8 heteroatoms. The zero-order chi connectivity index (χ0) is 25.9. The van der Waals surface area contributed by atoms with E-state index in [1.165, 1.54) is 11.0 Å². The van der Waals surface area contributed by atoms with Crippen molar-refractivity contribution in [1.29, 1.82) is 0 Å². The molecular weight excluding hydrogens is 458 g/mol. The number of hydrogen-bond acceptors (Lipinski definition) is 6. The maximum atomic E-state index is 13.4. The van der Waals surface area contributed by atoms with Gasteiger partial charge in [-0.2, -0.15) is 0 Å². The van der Waals surface area contributed by atoms with E-state index in [4.69, 9.17) is 15.2 Å². The van der Waals surface area contributed by atoms with Crippen molar-refractivity contribution in [2.24, 2.45) is 11.7 Å². The molecule has 1 aliphatic heterocycles. The smallest absolute Gasteiger partial charge is 0.332 e. The summed E-state index contributed by atoms with van der Waals surface area (Å²) < 4.78 is 11.4. The van der Waals surface area contributed by atoms with Crippen molar-refractivity contribution < 1.29 is 23.9 Å². The van der Waals surface area contributed by atoms with Crippen LogP contribution in [0.3, 0.4) is 0 Å². The van der Waals surface area contributed by atoms with E-state index in [0.29, 0.717) is 25.9 Å². The van der Waals surface area contributed by atoms with Gasteiger partial charge in [-0.05, 0) is 35.1 Å². The zero-order valence-corrected chi connectivity index (χ0v) is 20.9. The van der Waals surface area contributed by atoms with Gasteiger partial charge < -0.3 is 25.4 Å².